The third-order valence-electron chi connectivity index (χ3n) is 3.06. The fraction of sp³-hybridized carbons (Fsp3) is 0.526. The number of carbonyl (C=O) groups is 2. The molecule has 2 N–H and O–H groups in total. The van der Waals surface area contributed by atoms with Gasteiger partial charge in [-0.05, 0) is 59.2 Å². The molecule has 0 spiro atoms. The first-order valence-electron chi connectivity index (χ1n) is 8.63. The first kappa shape index (κ1) is 23.2. The summed E-state index contributed by atoms with van der Waals surface area (Å²) in [5.41, 5.74) is -1.12. The number of guanidine groups is 1. The van der Waals surface area contributed by atoms with Crippen molar-refractivity contribution < 1.29 is 28.2 Å². The van der Waals surface area contributed by atoms with Crippen LogP contribution < -0.4 is 10.1 Å². The molecule has 0 radical (unpaired) electrons. The molecule has 28 heavy (non-hydrogen) atoms. The van der Waals surface area contributed by atoms with Gasteiger partial charge in [-0.1, -0.05) is 6.07 Å². The minimum atomic E-state index is -0.886. The molecule has 0 fully saturated rings. The van der Waals surface area contributed by atoms with E-state index in [1.807, 2.05) is 0 Å². The van der Waals surface area contributed by atoms with Gasteiger partial charge in [-0.25, -0.2) is 18.9 Å². The Balaban J connectivity index is 3.06. The number of ether oxygens (including phenoxy) is 3. The van der Waals surface area contributed by atoms with Crippen molar-refractivity contribution in [2.45, 2.75) is 59.3 Å². The van der Waals surface area contributed by atoms with E-state index in [0.717, 1.165) is 4.90 Å². The molecule has 0 bridgehead atoms. The molecular weight excluding hydrogens is 369 g/mol. The number of carbonyl (C=O) groups excluding carboxylic acids is 2. The second-order valence-electron chi connectivity index (χ2n) is 8.01. The molecule has 0 atom stereocenters. The van der Waals surface area contributed by atoms with Crippen LogP contribution in [0.2, 0.25) is 0 Å². The number of hydrogen-bond acceptors (Lipinski definition) is 6. The van der Waals surface area contributed by atoms with E-state index in [0.29, 0.717) is 5.56 Å². The van der Waals surface area contributed by atoms with E-state index < -0.39 is 35.2 Å². The third-order valence-corrected chi connectivity index (χ3v) is 3.06. The first-order chi connectivity index (χ1) is 12.7. The van der Waals surface area contributed by atoms with Gasteiger partial charge in [0, 0.05) is 0 Å². The van der Waals surface area contributed by atoms with E-state index in [4.69, 9.17) is 19.6 Å². The second kappa shape index (κ2) is 8.90. The van der Waals surface area contributed by atoms with Crippen LogP contribution in [-0.4, -0.2) is 41.4 Å². The van der Waals surface area contributed by atoms with Gasteiger partial charge in [-0.15, -0.1) is 0 Å². The normalized spacial score (nSPS) is 11.4. The van der Waals surface area contributed by atoms with E-state index in [1.165, 1.54) is 25.3 Å². The van der Waals surface area contributed by atoms with Crippen molar-refractivity contribution >= 4 is 18.1 Å². The zero-order valence-electron chi connectivity index (χ0n) is 17.3. The Morgan fingerprint density at radius 2 is 1.68 bits per heavy atom. The van der Waals surface area contributed by atoms with Crippen molar-refractivity contribution in [1.82, 2.24) is 10.2 Å². The molecular formula is C19H28FN3O5. The van der Waals surface area contributed by atoms with Crippen LogP contribution in [0, 0.1) is 11.2 Å². The SMILES string of the molecule is COc1cc(CN(C(=N)NC(=O)OC(C)(C)C)C(=O)OC(C)(C)C)ccc1F. The minimum absolute atomic E-state index is 0.00623. The molecule has 156 valence electrons. The number of hydrogen-bond donors (Lipinski definition) is 2. The molecule has 0 unspecified atom stereocenters. The lowest BCUT2D eigenvalue weighted by Gasteiger charge is -2.28. The van der Waals surface area contributed by atoms with Crippen LogP contribution in [0.25, 0.3) is 0 Å². The summed E-state index contributed by atoms with van der Waals surface area (Å²) in [6.45, 7) is 9.89. The summed E-state index contributed by atoms with van der Waals surface area (Å²) in [4.78, 5) is 25.4. The van der Waals surface area contributed by atoms with Gasteiger partial charge in [0.15, 0.2) is 11.6 Å². The van der Waals surface area contributed by atoms with E-state index in [9.17, 15) is 14.0 Å². The molecule has 1 aromatic rings. The zero-order valence-corrected chi connectivity index (χ0v) is 17.3. The molecule has 0 aromatic heterocycles. The quantitative estimate of drug-likeness (QED) is 0.592. The number of nitrogens with zero attached hydrogens (tertiary/aromatic N) is 1. The van der Waals surface area contributed by atoms with Crippen LogP contribution in [0.1, 0.15) is 47.1 Å². The second-order valence-corrected chi connectivity index (χ2v) is 8.01. The Bertz CT molecular complexity index is 738. The highest BCUT2D eigenvalue weighted by Gasteiger charge is 2.28. The highest BCUT2D eigenvalue weighted by atomic mass is 19.1. The van der Waals surface area contributed by atoms with Gasteiger partial charge in [0.05, 0.1) is 13.7 Å². The van der Waals surface area contributed by atoms with Crippen molar-refractivity contribution in [3.8, 4) is 5.75 Å². The molecule has 0 saturated carbocycles. The van der Waals surface area contributed by atoms with Crippen LogP contribution in [0.4, 0.5) is 14.0 Å². The number of rotatable bonds is 3. The average Bonchev–Trinajstić information content (AvgIpc) is 2.49. The lowest BCUT2D eigenvalue weighted by molar-refractivity contribution is 0.0346. The number of alkyl carbamates (subject to hydrolysis) is 1. The molecule has 1 rings (SSSR count). The molecule has 8 nitrogen and oxygen atoms in total. The average molecular weight is 397 g/mol. The Hall–Kier alpha value is -2.84. The molecule has 0 aliphatic carbocycles. The lowest BCUT2D eigenvalue weighted by Crippen LogP contribution is -2.49. The summed E-state index contributed by atoms with van der Waals surface area (Å²) in [7, 11) is 1.32. The largest absolute Gasteiger partial charge is 0.494 e. The van der Waals surface area contributed by atoms with Gasteiger partial charge in [0.1, 0.15) is 11.2 Å². The van der Waals surface area contributed by atoms with Gasteiger partial charge >= 0.3 is 12.2 Å². The summed E-state index contributed by atoms with van der Waals surface area (Å²) in [6.07, 6.45) is -1.74. The van der Waals surface area contributed by atoms with Gasteiger partial charge in [-0.2, -0.15) is 0 Å². The van der Waals surface area contributed by atoms with Crippen molar-refractivity contribution in [3.63, 3.8) is 0 Å². The molecule has 0 saturated heterocycles. The molecule has 0 aliphatic heterocycles. The van der Waals surface area contributed by atoms with Crippen molar-refractivity contribution in [2.24, 2.45) is 0 Å². The van der Waals surface area contributed by atoms with E-state index in [2.05, 4.69) is 5.32 Å². The van der Waals surface area contributed by atoms with E-state index >= 15 is 0 Å². The molecule has 9 heteroatoms. The zero-order chi connectivity index (χ0) is 21.7. The Morgan fingerprint density at radius 3 is 2.18 bits per heavy atom. The number of benzene rings is 1. The van der Waals surface area contributed by atoms with Gasteiger partial charge in [-0.3, -0.25) is 10.7 Å². The summed E-state index contributed by atoms with van der Waals surface area (Å²) in [5.74, 6) is -1.10. The lowest BCUT2D eigenvalue weighted by atomic mass is 10.2. The molecule has 0 aliphatic rings. The smallest absolute Gasteiger partial charge is 0.417 e. The molecule has 1 aromatic carbocycles. The fourth-order valence-electron chi connectivity index (χ4n) is 2.00. The van der Waals surface area contributed by atoms with Crippen LogP contribution in [0.15, 0.2) is 18.2 Å². The van der Waals surface area contributed by atoms with Crippen LogP contribution in [0.5, 0.6) is 5.75 Å². The summed E-state index contributed by atoms with van der Waals surface area (Å²) >= 11 is 0. The predicted molar refractivity (Wildman–Crippen MR) is 102 cm³/mol. The summed E-state index contributed by atoms with van der Waals surface area (Å²) in [5, 5.41) is 10.3. The van der Waals surface area contributed by atoms with Crippen molar-refractivity contribution in [1.29, 1.82) is 5.41 Å². The van der Waals surface area contributed by atoms with Gasteiger partial charge in [0.25, 0.3) is 0 Å². The molecule has 0 heterocycles. The monoisotopic (exact) mass is 397 g/mol. The summed E-state index contributed by atoms with van der Waals surface area (Å²) < 4.78 is 29.0. The molecule has 2 amide bonds. The number of methoxy groups -OCH3 is 1. The minimum Gasteiger partial charge on any atom is -0.494 e. The Morgan fingerprint density at radius 1 is 1.11 bits per heavy atom. The maximum absolute atomic E-state index is 13.6. The van der Waals surface area contributed by atoms with E-state index in [1.54, 1.807) is 41.5 Å². The predicted octanol–water partition coefficient (Wildman–Crippen LogP) is 4.03. The highest BCUT2D eigenvalue weighted by molar-refractivity contribution is 5.99. The van der Waals surface area contributed by atoms with Crippen molar-refractivity contribution in [3.05, 3.63) is 29.6 Å². The number of halogens is 1. The highest BCUT2D eigenvalue weighted by Crippen LogP contribution is 2.20. The third kappa shape index (κ3) is 7.81. The Kier molecular flexibility index (Phi) is 7.37. The topological polar surface area (TPSA) is 101 Å². The van der Waals surface area contributed by atoms with Gasteiger partial charge < -0.3 is 14.2 Å². The maximum Gasteiger partial charge on any atom is 0.417 e. The van der Waals surface area contributed by atoms with Crippen molar-refractivity contribution in [2.75, 3.05) is 7.11 Å². The van der Waals surface area contributed by atoms with Crippen LogP contribution >= 0.6 is 0 Å². The van der Waals surface area contributed by atoms with Crippen LogP contribution in [0.3, 0.4) is 0 Å². The first-order valence-corrected chi connectivity index (χ1v) is 8.63. The maximum atomic E-state index is 13.6. The Labute approximate surface area is 164 Å². The summed E-state index contributed by atoms with van der Waals surface area (Å²) in [6, 6.07) is 4.02. The van der Waals surface area contributed by atoms with Crippen LogP contribution in [-0.2, 0) is 16.0 Å². The van der Waals surface area contributed by atoms with E-state index in [-0.39, 0.29) is 12.3 Å². The standard InChI is InChI=1S/C19H28FN3O5/c1-18(2,3)27-16(24)22-15(21)23(17(25)28-19(4,5)6)11-12-8-9-13(20)14(10-12)26-7/h8-10H,11H2,1-7H3,(H2,21,22,24). The number of nitrogens with one attached hydrogen (secondary N) is 2. The fourth-order valence-corrected chi connectivity index (χ4v) is 2.00. The number of amides is 2. The van der Waals surface area contributed by atoms with Gasteiger partial charge in [0.2, 0.25) is 5.96 Å².